The van der Waals surface area contributed by atoms with Crippen molar-refractivity contribution in [1.82, 2.24) is 10.2 Å². The highest BCUT2D eigenvalue weighted by molar-refractivity contribution is 5.73. The highest BCUT2D eigenvalue weighted by Gasteiger charge is 2.07. The molecule has 0 spiro atoms. The number of amides is 2. The molecule has 2 amide bonds. The van der Waals surface area contributed by atoms with Crippen LogP contribution in [0.2, 0.25) is 0 Å². The summed E-state index contributed by atoms with van der Waals surface area (Å²) in [5, 5.41) is 3.57. The largest absolute Gasteiger partial charge is 0.338 e. The van der Waals surface area contributed by atoms with Crippen LogP contribution in [0.3, 0.4) is 0 Å². The predicted molar refractivity (Wildman–Crippen MR) is 41.0 cm³/mol. The topological polar surface area (TPSA) is 34.4 Å². The number of hydrogen-bond acceptors (Lipinski definition) is 1. The zero-order valence-corrected chi connectivity index (χ0v) is 6.92. The molecular weight excluding hydrogens is 128 g/mol. The van der Waals surface area contributed by atoms with Gasteiger partial charge in [-0.15, -0.1) is 0 Å². The summed E-state index contributed by atoms with van der Waals surface area (Å²) in [7, 11) is 1.53. The van der Waals surface area contributed by atoms with Gasteiger partial charge < -0.3 is 4.90 Å². The molecule has 1 radical (unpaired) electrons. The first-order valence-electron chi connectivity index (χ1n) is 3.65. The Labute approximate surface area is 62.4 Å². The molecule has 0 N–H and O–H groups in total. The van der Waals surface area contributed by atoms with Crippen molar-refractivity contribution in [2.75, 3.05) is 20.1 Å². The van der Waals surface area contributed by atoms with Crippen molar-refractivity contribution in [3.63, 3.8) is 0 Å². The molecule has 0 aliphatic rings. The first-order chi connectivity index (χ1) is 4.76. The highest BCUT2D eigenvalue weighted by Crippen LogP contribution is 1.90. The Kier molecular flexibility index (Phi) is 4.72. The van der Waals surface area contributed by atoms with E-state index in [0.29, 0.717) is 0 Å². The van der Waals surface area contributed by atoms with Gasteiger partial charge >= 0.3 is 6.03 Å². The van der Waals surface area contributed by atoms with Crippen molar-refractivity contribution in [3.05, 3.63) is 0 Å². The maximum atomic E-state index is 10.9. The van der Waals surface area contributed by atoms with E-state index >= 15 is 0 Å². The lowest BCUT2D eigenvalue weighted by Crippen LogP contribution is -2.34. The van der Waals surface area contributed by atoms with E-state index < -0.39 is 0 Å². The van der Waals surface area contributed by atoms with Crippen LogP contribution in [0.15, 0.2) is 0 Å². The molecule has 0 atom stereocenters. The minimum absolute atomic E-state index is 0.107. The Hall–Kier alpha value is -0.730. The smallest absolute Gasteiger partial charge is 0.324 e. The Balaban J connectivity index is 3.68. The Morgan fingerprint density at radius 3 is 2.40 bits per heavy atom. The summed E-state index contributed by atoms with van der Waals surface area (Å²) in [6.45, 7) is 5.57. The Morgan fingerprint density at radius 2 is 2.10 bits per heavy atom. The summed E-state index contributed by atoms with van der Waals surface area (Å²) in [6.07, 6.45) is 0.995. The average Bonchev–Trinajstić information content (AvgIpc) is 1.99. The normalized spacial score (nSPS) is 9.10. The van der Waals surface area contributed by atoms with Crippen molar-refractivity contribution in [3.8, 4) is 0 Å². The average molecular weight is 143 g/mol. The fraction of sp³-hybridized carbons (Fsp3) is 0.857. The van der Waals surface area contributed by atoms with E-state index in [4.69, 9.17) is 0 Å². The minimum Gasteiger partial charge on any atom is -0.324 e. The number of rotatable bonds is 3. The van der Waals surface area contributed by atoms with Crippen molar-refractivity contribution in [2.45, 2.75) is 20.3 Å². The van der Waals surface area contributed by atoms with Crippen LogP contribution in [-0.4, -0.2) is 31.1 Å². The van der Waals surface area contributed by atoms with Crippen LogP contribution in [0, 0.1) is 0 Å². The highest BCUT2D eigenvalue weighted by atomic mass is 16.2. The maximum absolute atomic E-state index is 10.9. The lowest BCUT2D eigenvalue weighted by Gasteiger charge is -2.17. The van der Waals surface area contributed by atoms with E-state index in [1.54, 1.807) is 4.90 Å². The molecule has 0 rings (SSSR count). The van der Waals surface area contributed by atoms with Crippen molar-refractivity contribution < 1.29 is 4.79 Å². The van der Waals surface area contributed by atoms with E-state index in [-0.39, 0.29) is 6.03 Å². The molecule has 3 nitrogen and oxygen atoms in total. The van der Waals surface area contributed by atoms with E-state index in [1.165, 1.54) is 7.05 Å². The zero-order chi connectivity index (χ0) is 7.98. The van der Waals surface area contributed by atoms with Gasteiger partial charge in [-0.1, -0.05) is 6.92 Å². The first-order valence-corrected chi connectivity index (χ1v) is 3.65. The van der Waals surface area contributed by atoms with Gasteiger partial charge in [0.15, 0.2) is 0 Å². The van der Waals surface area contributed by atoms with E-state index in [1.807, 2.05) is 13.8 Å². The fourth-order valence-electron chi connectivity index (χ4n) is 0.800. The van der Waals surface area contributed by atoms with E-state index in [9.17, 15) is 4.79 Å². The summed E-state index contributed by atoms with van der Waals surface area (Å²) < 4.78 is 0. The van der Waals surface area contributed by atoms with Gasteiger partial charge in [0.2, 0.25) is 0 Å². The number of carbonyl (C=O) groups is 1. The van der Waals surface area contributed by atoms with Gasteiger partial charge in [-0.05, 0) is 13.3 Å². The fourth-order valence-corrected chi connectivity index (χ4v) is 0.800. The predicted octanol–water partition coefficient (Wildman–Crippen LogP) is 1.07. The van der Waals surface area contributed by atoms with E-state index in [0.717, 1.165) is 19.5 Å². The second kappa shape index (κ2) is 5.09. The SMILES string of the molecule is CCCN(CC)C(=O)[N]C. The van der Waals surface area contributed by atoms with Crippen molar-refractivity contribution in [1.29, 1.82) is 0 Å². The standard InChI is InChI=1S/C7H15N2O/c1-4-6-9(5-2)7(10)8-3/h4-6H2,1-3H3. The van der Waals surface area contributed by atoms with Crippen LogP contribution >= 0.6 is 0 Å². The minimum atomic E-state index is -0.107. The molecule has 0 bridgehead atoms. The molecule has 0 heterocycles. The van der Waals surface area contributed by atoms with Crippen LogP contribution in [0.4, 0.5) is 4.79 Å². The van der Waals surface area contributed by atoms with Gasteiger partial charge in [-0.2, -0.15) is 0 Å². The van der Waals surface area contributed by atoms with Crippen LogP contribution in [0.25, 0.3) is 0 Å². The molecule has 0 aromatic carbocycles. The summed E-state index contributed by atoms with van der Waals surface area (Å²) >= 11 is 0. The molecule has 3 heteroatoms. The van der Waals surface area contributed by atoms with Gasteiger partial charge in [0.25, 0.3) is 0 Å². The molecule has 0 aliphatic carbocycles. The number of urea groups is 1. The third kappa shape index (κ3) is 2.71. The van der Waals surface area contributed by atoms with Crippen molar-refractivity contribution >= 4 is 6.03 Å². The Morgan fingerprint density at radius 1 is 1.50 bits per heavy atom. The molecule has 59 valence electrons. The molecule has 0 unspecified atom stereocenters. The zero-order valence-electron chi connectivity index (χ0n) is 6.92. The quantitative estimate of drug-likeness (QED) is 0.582. The molecule has 0 fully saturated rings. The third-order valence-electron chi connectivity index (χ3n) is 1.34. The van der Waals surface area contributed by atoms with Crippen LogP contribution in [0.5, 0.6) is 0 Å². The molecule has 0 aromatic rings. The first kappa shape index (κ1) is 9.27. The second-order valence-electron chi connectivity index (χ2n) is 2.09. The summed E-state index contributed by atoms with van der Waals surface area (Å²) in [6, 6.07) is -0.107. The summed E-state index contributed by atoms with van der Waals surface area (Å²) in [4.78, 5) is 12.6. The molecule has 0 saturated heterocycles. The summed E-state index contributed by atoms with van der Waals surface area (Å²) in [5.74, 6) is 0. The molecule has 0 saturated carbocycles. The Bertz CT molecular complexity index is 104. The van der Waals surface area contributed by atoms with Crippen LogP contribution in [-0.2, 0) is 0 Å². The van der Waals surface area contributed by atoms with Crippen molar-refractivity contribution in [2.24, 2.45) is 0 Å². The number of nitrogens with zero attached hydrogens (tertiary/aromatic N) is 2. The van der Waals surface area contributed by atoms with Crippen LogP contribution in [0.1, 0.15) is 20.3 Å². The molecule has 0 aromatic heterocycles. The number of carbonyl (C=O) groups excluding carboxylic acids is 1. The van der Waals surface area contributed by atoms with Gasteiger partial charge in [0.05, 0.1) is 0 Å². The van der Waals surface area contributed by atoms with Gasteiger partial charge in [0, 0.05) is 20.1 Å². The molecule has 10 heavy (non-hydrogen) atoms. The third-order valence-corrected chi connectivity index (χ3v) is 1.34. The maximum Gasteiger partial charge on any atom is 0.338 e. The second-order valence-corrected chi connectivity index (χ2v) is 2.09. The summed E-state index contributed by atoms with van der Waals surface area (Å²) in [5.41, 5.74) is 0. The molecular formula is C7H15N2O. The van der Waals surface area contributed by atoms with Gasteiger partial charge in [0.1, 0.15) is 0 Å². The van der Waals surface area contributed by atoms with Gasteiger partial charge in [-0.25, -0.2) is 10.1 Å². The van der Waals surface area contributed by atoms with E-state index in [2.05, 4.69) is 5.32 Å². The van der Waals surface area contributed by atoms with Crippen LogP contribution < -0.4 is 5.32 Å². The number of hydrogen-bond donors (Lipinski definition) is 0. The lowest BCUT2D eigenvalue weighted by atomic mass is 10.4. The van der Waals surface area contributed by atoms with Gasteiger partial charge in [-0.3, -0.25) is 0 Å². The lowest BCUT2D eigenvalue weighted by molar-refractivity contribution is 0.202. The molecule has 0 aliphatic heterocycles. The monoisotopic (exact) mass is 143 g/mol.